The van der Waals surface area contributed by atoms with Crippen LogP contribution in [0.3, 0.4) is 0 Å². The van der Waals surface area contributed by atoms with Gasteiger partial charge in [-0.3, -0.25) is 14.4 Å². The first kappa shape index (κ1) is 15.6. The quantitative estimate of drug-likeness (QED) is 0.653. The van der Waals surface area contributed by atoms with E-state index >= 15 is 0 Å². The van der Waals surface area contributed by atoms with E-state index < -0.39 is 0 Å². The van der Waals surface area contributed by atoms with Gasteiger partial charge in [-0.2, -0.15) is 0 Å². The average Bonchev–Trinajstić information content (AvgIpc) is 2.67. The molecule has 0 aliphatic carbocycles. The minimum absolute atomic E-state index is 0.124. The first-order valence-corrected chi connectivity index (χ1v) is 7.47. The first-order valence-electron chi connectivity index (χ1n) is 7.47. The van der Waals surface area contributed by atoms with Gasteiger partial charge in [0.15, 0.2) is 18.9 Å². The van der Waals surface area contributed by atoms with Crippen molar-refractivity contribution in [1.82, 2.24) is 0 Å². The molecule has 0 spiro atoms. The van der Waals surface area contributed by atoms with Gasteiger partial charge in [-0.1, -0.05) is 60.7 Å². The number of hydrogen-bond acceptors (Lipinski definition) is 3. The third-order valence-corrected chi connectivity index (χ3v) is 3.95. The van der Waals surface area contributed by atoms with Crippen LogP contribution in [-0.4, -0.2) is 18.9 Å². The summed E-state index contributed by atoms with van der Waals surface area (Å²) in [6.07, 6.45) is 1.82. The van der Waals surface area contributed by atoms with Crippen LogP contribution in [0.25, 0.3) is 22.3 Å². The van der Waals surface area contributed by atoms with Gasteiger partial charge in [-0.15, -0.1) is 0 Å². The summed E-state index contributed by atoms with van der Waals surface area (Å²) in [6.45, 7) is 0. The summed E-state index contributed by atoms with van der Waals surface area (Å²) >= 11 is 0. The van der Waals surface area contributed by atoms with Crippen molar-refractivity contribution in [2.75, 3.05) is 0 Å². The molecule has 0 radical (unpaired) electrons. The van der Waals surface area contributed by atoms with Gasteiger partial charge in [0.1, 0.15) is 0 Å². The van der Waals surface area contributed by atoms with E-state index in [0.717, 1.165) is 16.7 Å². The Morgan fingerprint density at radius 1 is 0.583 bits per heavy atom. The lowest BCUT2D eigenvalue weighted by Gasteiger charge is -2.16. The van der Waals surface area contributed by atoms with Crippen molar-refractivity contribution < 1.29 is 14.4 Å². The Morgan fingerprint density at radius 3 is 1.62 bits per heavy atom. The number of carbonyl (C=O) groups is 3. The fourth-order valence-corrected chi connectivity index (χ4v) is 2.85. The highest BCUT2D eigenvalue weighted by Gasteiger charge is 2.19. The monoisotopic (exact) mass is 314 g/mol. The van der Waals surface area contributed by atoms with Crippen LogP contribution in [0.15, 0.2) is 66.7 Å². The van der Waals surface area contributed by atoms with Gasteiger partial charge in [0, 0.05) is 22.3 Å². The number of carbonyl (C=O) groups excluding carboxylic acids is 3. The molecule has 3 nitrogen and oxygen atoms in total. The molecule has 116 valence electrons. The predicted molar refractivity (Wildman–Crippen MR) is 93.5 cm³/mol. The molecular formula is C21H14O3. The molecule has 0 N–H and O–H groups in total. The van der Waals surface area contributed by atoms with E-state index in [0.29, 0.717) is 24.4 Å². The van der Waals surface area contributed by atoms with Gasteiger partial charge < -0.3 is 0 Å². The highest BCUT2D eigenvalue weighted by atomic mass is 16.1. The lowest BCUT2D eigenvalue weighted by molar-refractivity contribution is 0.108. The van der Waals surface area contributed by atoms with Crippen LogP contribution in [0.1, 0.15) is 31.1 Å². The highest BCUT2D eigenvalue weighted by Crippen LogP contribution is 2.37. The molecule has 3 aromatic carbocycles. The SMILES string of the molecule is O=Cc1cc(-c2ccccc2)c(-c2ccccc2)c(C=O)c1C=O. The molecule has 24 heavy (non-hydrogen) atoms. The van der Waals surface area contributed by atoms with E-state index in [2.05, 4.69) is 0 Å². The molecule has 0 aromatic heterocycles. The van der Waals surface area contributed by atoms with E-state index in [1.807, 2.05) is 60.7 Å². The van der Waals surface area contributed by atoms with Crippen LogP contribution in [0.5, 0.6) is 0 Å². The minimum atomic E-state index is 0.124. The molecule has 0 aliphatic rings. The molecule has 0 bridgehead atoms. The predicted octanol–water partition coefficient (Wildman–Crippen LogP) is 4.46. The molecule has 0 heterocycles. The molecule has 3 heteroatoms. The molecule has 0 saturated carbocycles. The molecule has 0 fully saturated rings. The van der Waals surface area contributed by atoms with Crippen molar-refractivity contribution >= 4 is 18.9 Å². The topological polar surface area (TPSA) is 51.2 Å². The summed E-state index contributed by atoms with van der Waals surface area (Å²) in [4.78, 5) is 34.6. The second kappa shape index (κ2) is 6.84. The minimum Gasteiger partial charge on any atom is -0.298 e. The van der Waals surface area contributed by atoms with Crippen LogP contribution >= 0.6 is 0 Å². The van der Waals surface area contributed by atoms with Gasteiger partial charge in [-0.05, 0) is 22.8 Å². The van der Waals surface area contributed by atoms with Gasteiger partial charge in [0.2, 0.25) is 0 Å². The molecule has 3 aromatic rings. The lowest BCUT2D eigenvalue weighted by atomic mass is 9.86. The van der Waals surface area contributed by atoms with Crippen molar-refractivity contribution in [3.8, 4) is 22.3 Å². The largest absolute Gasteiger partial charge is 0.298 e. The standard InChI is InChI=1S/C21H14O3/c22-12-17-11-18(15-7-3-1-4-8-15)21(16-9-5-2-6-10-16)20(14-24)19(17)13-23/h1-14H. The Balaban J connectivity index is 2.45. The van der Waals surface area contributed by atoms with Crippen molar-refractivity contribution in [3.05, 3.63) is 83.4 Å². The third kappa shape index (κ3) is 2.68. The summed E-state index contributed by atoms with van der Waals surface area (Å²) in [5, 5.41) is 0. The Labute approximate surface area is 139 Å². The normalized spacial score (nSPS) is 10.2. The molecule has 0 atom stereocenters. The summed E-state index contributed by atoms with van der Waals surface area (Å²) in [5.41, 5.74) is 3.67. The molecule has 0 unspecified atom stereocenters. The van der Waals surface area contributed by atoms with Gasteiger partial charge >= 0.3 is 0 Å². The van der Waals surface area contributed by atoms with Crippen LogP contribution in [0, 0.1) is 0 Å². The maximum atomic E-state index is 11.8. The van der Waals surface area contributed by atoms with Gasteiger partial charge in [0.05, 0.1) is 0 Å². The zero-order valence-electron chi connectivity index (χ0n) is 12.8. The molecular weight excluding hydrogens is 300 g/mol. The number of hydrogen-bond donors (Lipinski definition) is 0. The van der Waals surface area contributed by atoms with Crippen LogP contribution < -0.4 is 0 Å². The number of benzene rings is 3. The van der Waals surface area contributed by atoms with Crippen LogP contribution in [-0.2, 0) is 0 Å². The fraction of sp³-hybridized carbons (Fsp3) is 0. The summed E-state index contributed by atoms with van der Waals surface area (Å²) < 4.78 is 0. The summed E-state index contributed by atoms with van der Waals surface area (Å²) in [6, 6.07) is 20.5. The molecule has 0 amide bonds. The number of rotatable bonds is 5. The van der Waals surface area contributed by atoms with E-state index in [-0.39, 0.29) is 16.7 Å². The van der Waals surface area contributed by atoms with Crippen molar-refractivity contribution in [1.29, 1.82) is 0 Å². The van der Waals surface area contributed by atoms with E-state index in [1.165, 1.54) is 0 Å². The lowest BCUT2D eigenvalue weighted by Crippen LogP contribution is -2.03. The van der Waals surface area contributed by atoms with Crippen molar-refractivity contribution in [2.24, 2.45) is 0 Å². The van der Waals surface area contributed by atoms with Crippen molar-refractivity contribution in [3.63, 3.8) is 0 Å². The zero-order chi connectivity index (χ0) is 16.9. The van der Waals surface area contributed by atoms with Crippen LogP contribution in [0.2, 0.25) is 0 Å². The third-order valence-electron chi connectivity index (χ3n) is 3.95. The Morgan fingerprint density at radius 2 is 1.12 bits per heavy atom. The Kier molecular flexibility index (Phi) is 4.43. The second-order valence-corrected chi connectivity index (χ2v) is 5.30. The van der Waals surface area contributed by atoms with E-state index in [4.69, 9.17) is 0 Å². The van der Waals surface area contributed by atoms with Gasteiger partial charge in [-0.25, -0.2) is 0 Å². The highest BCUT2D eigenvalue weighted by molar-refractivity contribution is 6.07. The maximum Gasteiger partial charge on any atom is 0.151 e. The summed E-state index contributed by atoms with van der Waals surface area (Å²) in [5.74, 6) is 0. The first-order chi connectivity index (χ1) is 11.8. The average molecular weight is 314 g/mol. The molecule has 3 rings (SSSR count). The maximum absolute atomic E-state index is 11.8. The van der Waals surface area contributed by atoms with Gasteiger partial charge in [0.25, 0.3) is 0 Å². The number of aldehydes is 3. The zero-order valence-corrected chi connectivity index (χ0v) is 12.8. The Hall–Kier alpha value is -3.33. The van der Waals surface area contributed by atoms with E-state index in [1.54, 1.807) is 6.07 Å². The molecule has 0 saturated heterocycles. The fourth-order valence-electron chi connectivity index (χ4n) is 2.85. The smallest absolute Gasteiger partial charge is 0.151 e. The second-order valence-electron chi connectivity index (χ2n) is 5.30. The van der Waals surface area contributed by atoms with Crippen molar-refractivity contribution in [2.45, 2.75) is 0 Å². The Bertz CT molecular complexity index is 897. The van der Waals surface area contributed by atoms with E-state index in [9.17, 15) is 14.4 Å². The summed E-state index contributed by atoms with van der Waals surface area (Å²) in [7, 11) is 0. The van der Waals surface area contributed by atoms with Crippen LogP contribution in [0.4, 0.5) is 0 Å². The molecule has 0 aliphatic heterocycles.